The van der Waals surface area contributed by atoms with Crippen molar-refractivity contribution in [2.24, 2.45) is 0 Å². The Labute approximate surface area is 114 Å². The first-order valence-electron chi connectivity index (χ1n) is 6.59. The van der Waals surface area contributed by atoms with Crippen molar-refractivity contribution in [2.45, 2.75) is 37.2 Å². The molecule has 1 heterocycles. The number of aromatic nitrogens is 1. The summed E-state index contributed by atoms with van der Waals surface area (Å²) in [6, 6.07) is 2.31. The second-order valence-corrected chi connectivity index (χ2v) is 6.70. The predicted octanol–water partition coefficient (Wildman–Crippen LogP) is 1.46. The van der Waals surface area contributed by atoms with Crippen LogP contribution in [0.2, 0.25) is 0 Å². The van der Waals surface area contributed by atoms with Gasteiger partial charge in [0, 0.05) is 37.6 Å². The fourth-order valence-corrected chi connectivity index (χ4v) is 3.34. The highest BCUT2D eigenvalue weighted by Crippen LogP contribution is 2.20. The fourth-order valence-electron chi connectivity index (χ4n) is 1.90. The molecule has 6 heteroatoms. The van der Waals surface area contributed by atoms with Crippen molar-refractivity contribution in [1.29, 1.82) is 0 Å². The maximum absolute atomic E-state index is 12.4. The standard InChI is InChI=1S/C13H21N3O2S/c1-3-7-16(4-2)19(17,18)13-8-12(15-10-13)9-14-11-5-6-11/h3,8,10-11,14-15H,1,4-7,9H2,2H3. The molecule has 2 rings (SSSR count). The highest BCUT2D eigenvalue weighted by molar-refractivity contribution is 7.89. The van der Waals surface area contributed by atoms with Gasteiger partial charge in [0.05, 0.1) is 4.90 Å². The first-order valence-corrected chi connectivity index (χ1v) is 8.03. The van der Waals surface area contributed by atoms with E-state index in [1.165, 1.54) is 17.1 Å². The van der Waals surface area contributed by atoms with Gasteiger partial charge in [-0.3, -0.25) is 0 Å². The van der Waals surface area contributed by atoms with Gasteiger partial charge < -0.3 is 10.3 Å². The minimum atomic E-state index is -3.41. The molecule has 0 spiro atoms. The normalized spacial score (nSPS) is 15.9. The summed E-state index contributed by atoms with van der Waals surface area (Å²) in [5.41, 5.74) is 0.903. The van der Waals surface area contributed by atoms with E-state index < -0.39 is 10.0 Å². The van der Waals surface area contributed by atoms with Crippen LogP contribution in [0.5, 0.6) is 0 Å². The fraction of sp³-hybridized carbons (Fsp3) is 0.538. The van der Waals surface area contributed by atoms with Gasteiger partial charge in [0.2, 0.25) is 10.0 Å². The van der Waals surface area contributed by atoms with Crippen LogP contribution in [-0.4, -0.2) is 36.8 Å². The maximum Gasteiger partial charge on any atom is 0.244 e. The van der Waals surface area contributed by atoms with Gasteiger partial charge in [-0.05, 0) is 18.9 Å². The molecule has 1 aromatic heterocycles. The SMILES string of the molecule is C=CCN(CC)S(=O)(=O)c1c[nH]c(CNC2CC2)c1. The van der Waals surface area contributed by atoms with E-state index in [9.17, 15) is 8.42 Å². The highest BCUT2D eigenvalue weighted by Gasteiger charge is 2.24. The number of hydrogen-bond donors (Lipinski definition) is 2. The molecule has 0 aliphatic heterocycles. The molecular formula is C13H21N3O2S. The van der Waals surface area contributed by atoms with Gasteiger partial charge in [-0.1, -0.05) is 13.0 Å². The molecule has 19 heavy (non-hydrogen) atoms. The minimum absolute atomic E-state index is 0.323. The summed E-state index contributed by atoms with van der Waals surface area (Å²) in [5, 5.41) is 3.35. The first kappa shape index (κ1) is 14.3. The lowest BCUT2D eigenvalue weighted by molar-refractivity contribution is 0.460. The Morgan fingerprint density at radius 3 is 2.89 bits per heavy atom. The summed E-state index contributed by atoms with van der Waals surface area (Å²) in [5.74, 6) is 0. The van der Waals surface area contributed by atoms with Crippen molar-refractivity contribution in [3.8, 4) is 0 Å². The lowest BCUT2D eigenvalue weighted by atomic mass is 10.4. The molecule has 1 aliphatic rings. The second kappa shape index (κ2) is 5.90. The van der Waals surface area contributed by atoms with Gasteiger partial charge in [0.1, 0.15) is 0 Å². The molecule has 2 N–H and O–H groups in total. The summed E-state index contributed by atoms with van der Waals surface area (Å²) in [6.07, 6.45) is 5.60. The number of H-pyrrole nitrogens is 1. The van der Waals surface area contributed by atoms with E-state index in [-0.39, 0.29) is 0 Å². The van der Waals surface area contributed by atoms with Crippen molar-refractivity contribution < 1.29 is 8.42 Å². The van der Waals surface area contributed by atoms with E-state index in [1.54, 1.807) is 18.3 Å². The Bertz CT molecular complexity index is 532. The molecule has 1 saturated carbocycles. The number of rotatable bonds is 8. The van der Waals surface area contributed by atoms with Gasteiger partial charge in [-0.25, -0.2) is 8.42 Å². The highest BCUT2D eigenvalue weighted by atomic mass is 32.2. The van der Waals surface area contributed by atoms with Crippen molar-refractivity contribution in [1.82, 2.24) is 14.6 Å². The third-order valence-electron chi connectivity index (χ3n) is 3.20. The summed E-state index contributed by atoms with van der Waals surface area (Å²) < 4.78 is 26.1. The third-order valence-corrected chi connectivity index (χ3v) is 5.12. The van der Waals surface area contributed by atoms with Gasteiger partial charge in [0.25, 0.3) is 0 Å². The Hall–Kier alpha value is -1.11. The number of hydrogen-bond acceptors (Lipinski definition) is 3. The van der Waals surface area contributed by atoms with E-state index in [0.717, 1.165) is 5.69 Å². The molecule has 0 amide bonds. The minimum Gasteiger partial charge on any atom is -0.363 e. The van der Waals surface area contributed by atoms with Crippen LogP contribution in [-0.2, 0) is 16.6 Å². The molecule has 0 radical (unpaired) electrons. The van der Waals surface area contributed by atoms with Crippen LogP contribution in [0.1, 0.15) is 25.5 Å². The molecule has 1 aliphatic carbocycles. The zero-order chi connectivity index (χ0) is 13.9. The van der Waals surface area contributed by atoms with E-state index in [2.05, 4.69) is 16.9 Å². The molecule has 1 aromatic rings. The average molecular weight is 283 g/mol. The van der Waals surface area contributed by atoms with E-state index in [1.807, 2.05) is 6.92 Å². The van der Waals surface area contributed by atoms with Gasteiger partial charge in [0.15, 0.2) is 0 Å². The Morgan fingerprint density at radius 2 is 2.32 bits per heavy atom. The summed E-state index contributed by atoms with van der Waals surface area (Å²) in [6.45, 7) is 6.88. The van der Waals surface area contributed by atoms with Crippen molar-refractivity contribution in [3.05, 3.63) is 30.6 Å². The summed E-state index contributed by atoms with van der Waals surface area (Å²) in [4.78, 5) is 3.34. The zero-order valence-corrected chi connectivity index (χ0v) is 12.0. The molecular weight excluding hydrogens is 262 g/mol. The first-order chi connectivity index (χ1) is 9.07. The molecule has 5 nitrogen and oxygen atoms in total. The molecule has 0 aromatic carbocycles. The Kier molecular flexibility index (Phi) is 4.44. The van der Waals surface area contributed by atoms with Crippen LogP contribution < -0.4 is 5.32 Å². The van der Waals surface area contributed by atoms with Crippen LogP contribution >= 0.6 is 0 Å². The van der Waals surface area contributed by atoms with Crippen LogP contribution in [0.25, 0.3) is 0 Å². The largest absolute Gasteiger partial charge is 0.363 e. The van der Waals surface area contributed by atoms with Crippen LogP contribution in [0.15, 0.2) is 29.8 Å². The van der Waals surface area contributed by atoms with E-state index >= 15 is 0 Å². The summed E-state index contributed by atoms with van der Waals surface area (Å²) in [7, 11) is -3.41. The molecule has 106 valence electrons. The van der Waals surface area contributed by atoms with Crippen molar-refractivity contribution >= 4 is 10.0 Å². The van der Waals surface area contributed by atoms with Gasteiger partial charge in [-0.2, -0.15) is 4.31 Å². The zero-order valence-electron chi connectivity index (χ0n) is 11.2. The number of nitrogens with zero attached hydrogens (tertiary/aromatic N) is 1. The van der Waals surface area contributed by atoms with Crippen LogP contribution in [0.4, 0.5) is 0 Å². The lowest BCUT2D eigenvalue weighted by Gasteiger charge is -2.17. The van der Waals surface area contributed by atoms with E-state index in [4.69, 9.17) is 0 Å². The predicted molar refractivity (Wildman–Crippen MR) is 75.3 cm³/mol. The second-order valence-electron chi connectivity index (χ2n) is 4.76. The Balaban J connectivity index is 2.08. The Morgan fingerprint density at radius 1 is 1.58 bits per heavy atom. The molecule has 0 unspecified atom stereocenters. The van der Waals surface area contributed by atoms with Gasteiger partial charge in [-0.15, -0.1) is 6.58 Å². The number of aromatic amines is 1. The van der Waals surface area contributed by atoms with E-state index in [0.29, 0.717) is 30.6 Å². The van der Waals surface area contributed by atoms with Crippen LogP contribution in [0, 0.1) is 0 Å². The molecule has 0 bridgehead atoms. The smallest absolute Gasteiger partial charge is 0.244 e. The topological polar surface area (TPSA) is 65.2 Å². The number of likely N-dealkylation sites (N-methyl/N-ethyl adjacent to an activating group) is 1. The quantitative estimate of drug-likeness (QED) is 0.710. The summed E-state index contributed by atoms with van der Waals surface area (Å²) >= 11 is 0. The molecule has 0 saturated heterocycles. The average Bonchev–Trinajstić information content (AvgIpc) is 3.09. The number of nitrogens with one attached hydrogen (secondary N) is 2. The molecule has 0 atom stereocenters. The number of sulfonamides is 1. The monoisotopic (exact) mass is 283 g/mol. The lowest BCUT2D eigenvalue weighted by Crippen LogP contribution is -2.30. The van der Waals surface area contributed by atoms with Crippen molar-refractivity contribution in [3.63, 3.8) is 0 Å². The maximum atomic E-state index is 12.4. The third kappa shape index (κ3) is 3.46. The molecule has 1 fully saturated rings. The van der Waals surface area contributed by atoms with Crippen molar-refractivity contribution in [2.75, 3.05) is 13.1 Å². The van der Waals surface area contributed by atoms with Crippen LogP contribution in [0.3, 0.4) is 0 Å². The van der Waals surface area contributed by atoms with Gasteiger partial charge >= 0.3 is 0 Å².